The number of hydrogen-bond acceptors (Lipinski definition) is 3. The van der Waals surface area contributed by atoms with Gasteiger partial charge in [0, 0.05) is 24.2 Å². The fourth-order valence-corrected chi connectivity index (χ4v) is 2.81. The summed E-state index contributed by atoms with van der Waals surface area (Å²) in [7, 11) is 1.56. The molecule has 1 atom stereocenters. The van der Waals surface area contributed by atoms with Crippen LogP contribution in [0.4, 0.5) is 5.69 Å². The van der Waals surface area contributed by atoms with Crippen molar-refractivity contribution in [3.8, 4) is 5.75 Å². The molecule has 2 aromatic carbocycles. The number of anilines is 1. The summed E-state index contributed by atoms with van der Waals surface area (Å²) in [5, 5.41) is 2.93. The van der Waals surface area contributed by atoms with Gasteiger partial charge in [-0.3, -0.25) is 9.59 Å². The monoisotopic (exact) mass is 324 g/mol. The van der Waals surface area contributed by atoms with Crippen molar-refractivity contribution in [2.45, 2.75) is 19.4 Å². The second kappa shape index (κ2) is 6.74. The Morgan fingerprint density at radius 2 is 1.96 bits per heavy atom. The Morgan fingerprint density at radius 1 is 1.21 bits per heavy atom. The molecule has 0 aliphatic carbocycles. The van der Waals surface area contributed by atoms with Crippen LogP contribution in [0.25, 0.3) is 0 Å². The number of carbonyl (C=O) groups is 2. The maximum absolute atomic E-state index is 12.4. The van der Waals surface area contributed by atoms with Crippen LogP contribution in [0, 0.1) is 6.92 Å². The number of hydrogen-bond donors (Lipinski definition) is 1. The van der Waals surface area contributed by atoms with Gasteiger partial charge in [0.15, 0.2) is 0 Å². The van der Waals surface area contributed by atoms with Crippen LogP contribution in [0.3, 0.4) is 0 Å². The van der Waals surface area contributed by atoms with Gasteiger partial charge in [-0.2, -0.15) is 0 Å². The van der Waals surface area contributed by atoms with E-state index in [2.05, 4.69) is 5.32 Å². The number of methoxy groups -OCH3 is 1. The molecule has 0 spiro atoms. The minimum atomic E-state index is -0.197. The molecule has 0 unspecified atom stereocenters. The Balaban J connectivity index is 1.67. The molecule has 0 saturated carbocycles. The summed E-state index contributed by atoms with van der Waals surface area (Å²) in [6.45, 7) is 2.49. The van der Waals surface area contributed by atoms with Gasteiger partial charge in [-0.25, -0.2) is 0 Å². The number of nitrogens with one attached hydrogen (secondary N) is 1. The van der Waals surface area contributed by atoms with Crippen LogP contribution >= 0.6 is 0 Å². The predicted molar refractivity (Wildman–Crippen MR) is 92.4 cm³/mol. The third-order valence-electron chi connectivity index (χ3n) is 4.14. The van der Waals surface area contributed by atoms with Crippen LogP contribution in [-0.2, 0) is 4.79 Å². The lowest BCUT2D eigenvalue weighted by molar-refractivity contribution is -0.117. The molecule has 1 aliphatic heterocycles. The highest BCUT2D eigenvalue weighted by Gasteiger charge is 2.31. The summed E-state index contributed by atoms with van der Waals surface area (Å²) in [6.07, 6.45) is 0.309. The molecule has 124 valence electrons. The van der Waals surface area contributed by atoms with Crippen molar-refractivity contribution < 1.29 is 14.3 Å². The van der Waals surface area contributed by atoms with Crippen LogP contribution < -0.4 is 15.0 Å². The number of nitrogens with zero attached hydrogens (tertiary/aromatic N) is 1. The Kier molecular flexibility index (Phi) is 4.51. The van der Waals surface area contributed by atoms with Gasteiger partial charge >= 0.3 is 0 Å². The zero-order chi connectivity index (χ0) is 17.1. The van der Waals surface area contributed by atoms with Gasteiger partial charge in [0.2, 0.25) is 5.91 Å². The second-order valence-electron chi connectivity index (χ2n) is 5.95. The number of carbonyl (C=O) groups excluding carboxylic acids is 2. The van der Waals surface area contributed by atoms with E-state index in [9.17, 15) is 9.59 Å². The first-order valence-electron chi connectivity index (χ1n) is 7.89. The number of amides is 2. The lowest BCUT2D eigenvalue weighted by Gasteiger charge is -2.17. The highest BCUT2D eigenvalue weighted by atomic mass is 16.5. The first-order chi connectivity index (χ1) is 11.6. The van der Waals surface area contributed by atoms with E-state index < -0.39 is 0 Å². The normalized spacial score (nSPS) is 17.0. The molecule has 1 aliphatic rings. The number of rotatable bonds is 4. The van der Waals surface area contributed by atoms with E-state index in [0.29, 0.717) is 24.3 Å². The van der Waals surface area contributed by atoms with E-state index in [1.54, 1.807) is 36.3 Å². The van der Waals surface area contributed by atoms with E-state index in [-0.39, 0.29) is 17.9 Å². The number of benzene rings is 2. The minimum Gasteiger partial charge on any atom is -0.497 e. The summed E-state index contributed by atoms with van der Waals surface area (Å²) in [5.41, 5.74) is 2.53. The van der Waals surface area contributed by atoms with E-state index >= 15 is 0 Å². The molecule has 5 heteroatoms. The molecule has 0 bridgehead atoms. The summed E-state index contributed by atoms with van der Waals surface area (Å²) in [4.78, 5) is 26.3. The quantitative estimate of drug-likeness (QED) is 0.940. The standard InChI is InChI=1S/C19H20N2O3/c1-13-6-8-16(9-7-13)21-12-15(11-18(21)22)20-19(23)14-4-3-5-17(10-14)24-2/h3-10,15H,11-12H2,1-2H3,(H,20,23)/t15-/m0/s1. The van der Waals surface area contributed by atoms with Gasteiger partial charge in [0.25, 0.3) is 5.91 Å². The molecule has 1 fully saturated rings. The van der Waals surface area contributed by atoms with E-state index in [1.165, 1.54) is 0 Å². The fourth-order valence-electron chi connectivity index (χ4n) is 2.81. The van der Waals surface area contributed by atoms with Crippen molar-refractivity contribution >= 4 is 17.5 Å². The Morgan fingerprint density at radius 3 is 2.67 bits per heavy atom. The maximum atomic E-state index is 12.4. The lowest BCUT2D eigenvalue weighted by Crippen LogP contribution is -2.37. The van der Waals surface area contributed by atoms with Crippen molar-refractivity contribution in [2.75, 3.05) is 18.6 Å². The van der Waals surface area contributed by atoms with Gasteiger partial charge in [0.05, 0.1) is 13.2 Å². The molecule has 1 N–H and O–H groups in total. The first-order valence-corrected chi connectivity index (χ1v) is 7.89. The van der Waals surface area contributed by atoms with Crippen molar-refractivity contribution in [1.82, 2.24) is 5.32 Å². The fraction of sp³-hybridized carbons (Fsp3) is 0.263. The summed E-state index contributed by atoms with van der Waals surface area (Å²) in [5.74, 6) is 0.457. The van der Waals surface area contributed by atoms with Crippen molar-refractivity contribution in [2.24, 2.45) is 0 Å². The number of ether oxygens (including phenoxy) is 1. The summed E-state index contributed by atoms with van der Waals surface area (Å²) < 4.78 is 5.13. The molecule has 2 amide bonds. The van der Waals surface area contributed by atoms with Gasteiger partial charge in [-0.05, 0) is 37.3 Å². The molecular weight excluding hydrogens is 304 g/mol. The molecular formula is C19H20N2O3. The maximum Gasteiger partial charge on any atom is 0.251 e. The van der Waals surface area contributed by atoms with Gasteiger partial charge in [0.1, 0.15) is 5.75 Å². The van der Waals surface area contributed by atoms with Crippen molar-refractivity contribution in [3.05, 3.63) is 59.7 Å². The minimum absolute atomic E-state index is 0.0230. The average Bonchev–Trinajstić information content (AvgIpc) is 2.96. The molecule has 24 heavy (non-hydrogen) atoms. The van der Waals surface area contributed by atoms with E-state index in [4.69, 9.17) is 4.74 Å². The zero-order valence-corrected chi connectivity index (χ0v) is 13.8. The first kappa shape index (κ1) is 16.1. The van der Waals surface area contributed by atoms with Crippen LogP contribution in [0.2, 0.25) is 0 Å². The molecule has 5 nitrogen and oxygen atoms in total. The van der Waals surface area contributed by atoms with Crippen LogP contribution in [0.1, 0.15) is 22.3 Å². The SMILES string of the molecule is COc1cccc(C(=O)N[C@H]2CC(=O)N(c3ccc(C)cc3)C2)c1. The highest BCUT2D eigenvalue weighted by molar-refractivity contribution is 5.99. The Hall–Kier alpha value is -2.82. The molecule has 1 heterocycles. The molecule has 3 rings (SSSR count). The predicted octanol–water partition coefficient (Wildman–Crippen LogP) is 2.54. The topological polar surface area (TPSA) is 58.6 Å². The number of aryl methyl sites for hydroxylation is 1. The third-order valence-corrected chi connectivity index (χ3v) is 4.14. The van der Waals surface area contributed by atoms with Gasteiger partial charge < -0.3 is 15.0 Å². The van der Waals surface area contributed by atoms with Crippen LogP contribution in [-0.4, -0.2) is 31.5 Å². The average molecular weight is 324 g/mol. The molecule has 1 saturated heterocycles. The third kappa shape index (κ3) is 3.40. The van der Waals surface area contributed by atoms with E-state index in [0.717, 1.165) is 11.3 Å². The Labute approximate surface area is 141 Å². The summed E-state index contributed by atoms with van der Waals surface area (Å²) >= 11 is 0. The van der Waals surface area contributed by atoms with E-state index in [1.807, 2.05) is 31.2 Å². The van der Waals surface area contributed by atoms with Crippen LogP contribution in [0.15, 0.2) is 48.5 Å². The second-order valence-corrected chi connectivity index (χ2v) is 5.95. The van der Waals surface area contributed by atoms with Gasteiger partial charge in [-0.15, -0.1) is 0 Å². The van der Waals surface area contributed by atoms with Gasteiger partial charge in [-0.1, -0.05) is 23.8 Å². The summed E-state index contributed by atoms with van der Waals surface area (Å²) in [6, 6.07) is 14.6. The molecule has 2 aromatic rings. The lowest BCUT2D eigenvalue weighted by atomic mass is 10.1. The van der Waals surface area contributed by atoms with Crippen molar-refractivity contribution in [3.63, 3.8) is 0 Å². The molecule has 0 aromatic heterocycles. The molecule has 0 radical (unpaired) electrons. The van der Waals surface area contributed by atoms with Crippen molar-refractivity contribution in [1.29, 1.82) is 0 Å². The zero-order valence-electron chi connectivity index (χ0n) is 13.8. The largest absolute Gasteiger partial charge is 0.497 e. The highest BCUT2D eigenvalue weighted by Crippen LogP contribution is 2.22. The smallest absolute Gasteiger partial charge is 0.251 e. The van der Waals surface area contributed by atoms with Crippen LogP contribution in [0.5, 0.6) is 5.75 Å². The Bertz CT molecular complexity index is 755.